The van der Waals surface area contributed by atoms with Crippen molar-refractivity contribution in [2.24, 2.45) is 0 Å². The molecule has 5 rings (SSSR count). The molecule has 0 spiro atoms. The van der Waals surface area contributed by atoms with Gasteiger partial charge in [-0.2, -0.15) is 0 Å². The van der Waals surface area contributed by atoms with E-state index in [4.69, 9.17) is 5.41 Å². The molecule has 2 fully saturated rings. The molecule has 0 amide bonds. The quantitative estimate of drug-likeness (QED) is 0.648. The first-order valence-corrected chi connectivity index (χ1v) is 7.96. The number of fused-ring (bicyclic) bond motifs is 4. The Morgan fingerprint density at radius 3 is 2.70 bits per heavy atom. The Hall–Kier alpha value is -1.63. The summed E-state index contributed by atoms with van der Waals surface area (Å²) in [5, 5.41) is 8.21. The highest BCUT2D eigenvalue weighted by molar-refractivity contribution is 6.02. The summed E-state index contributed by atoms with van der Waals surface area (Å²) < 4.78 is 0. The molecular formula is C19H19N. The molecule has 0 aliphatic heterocycles. The van der Waals surface area contributed by atoms with Gasteiger partial charge in [-0.3, -0.25) is 0 Å². The lowest BCUT2D eigenvalue weighted by Gasteiger charge is -2.34. The molecule has 1 aromatic carbocycles. The normalized spacial score (nSPS) is 33.2. The second kappa shape index (κ2) is 3.72. The van der Waals surface area contributed by atoms with Gasteiger partial charge >= 0.3 is 0 Å². The van der Waals surface area contributed by atoms with Crippen LogP contribution in [-0.2, 0) is 0 Å². The van der Waals surface area contributed by atoms with Gasteiger partial charge in [0, 0.05) is 23.5 Å². The minimum atomic E-state index is 0.454. The number of hydrogen-bond acceptors (Lipinski definition) is 1. The smallest absolute Gasteiger partial charge is 0.0349 e. The summed E-state index contributed by atoms with van der Waals surface area (Å²) in [6.45, 7) is 0. The number of nitrogens with one attached hydrogen (secondary N) is 1. The van der Waals surface area contributed by atoms with Gasteiger partial charge in [0.25, 0.3) is 0 Å². The van der Waals surface area contributed by atoms with E-state index < -0.39 is 0 Å². The number of allylic oxidation sites excluding steroid dienone is 4. The Bertz CT molecular complexity index is 692. The van der Waals surface area contributed by atoms with Crippen LogP contribution in [0.1, 0.15) is 66.5 Å². The van der Waals surface area contributed by atoms with Crippen LogP contribution in [0.25, 0.3) is 0 Å². The lowest BCUT2D eigenvalue weighted by Crippen LogP contribution is -2.19. The van der Waals surface area contributed by atoms with Crippen molar-refractivity contribution in [3.05, 3.63) is 58.2 Å². The van der Waals surface area contributed by atoms with E-state index in [2.05, 4.69) is 30.4 Å². The van der Waals surface area contributed by atoms with Crippen LogP contribution in [-0.4, -0.2) is 5.71 Å². The molecule has 3 atom stereocenters. The molecule has 100 valence electrons. The Morgan fingerprint density at radius 1 is 0.950 bits per heavy atom. The predicted molar refractivity (Wildman–Crippen MR) is 81.6 cm³/mol. The van der Waals surface area contributed by atoms with Crippen molar-refractivity contribution >= 4 is 5.71 Å². The standard InChI is InChI=1S/C19H19N/c20-18-8-7-14-16-6-2-5-15-13-4-1-3-11(13)9-12(19(15)16)10-17(14)18/h2,5-6,9-10,12-14,20H,1,3-4,7-8H2. The molecule has 1 aromatic rings. The zero-order valence-corrected chi connectivity index (χ0v) is 11.7. The van der Waals surface area contributed by atoms with Gasteiger partial charge < -0.3 is 5.41 Å². The second-order valence-electron chi connectivity index (χ2n) is 6.75. The van der Waals surface area contributed by atoms with Crippen LogP contribution in [0.3, 0.4) is 0 Å². The fraction of sp³-hybridized carbons (Fsp3) is 0.421. The summed E-state index contributed by atoms with van der Waals surface area (Å²) in [4.78, 5) is 0. The van der Waals surface area contributed by atoms with E-state index >= 15 is 0 Å². The van der Waals surface area contributed by atoms with Crippen molar-refractivity contribution in [2.45, 2.75) is 49.9 Å². The van der Waals surface area contributed by atoms with E-state index in [9.17, 15) is 0 Å². The fourth-order valence-electron chi connectivity index (χ4n) is 5.00. The molecular weight excluding hydrogens is 242 g/mol. The van der Waals surface area contributed by atoms with Gasteiger partial charge in [-0.15, -0.1) is 0 Å². The van der Waals surface area contributed by atoms with E-state index in [1.54, 1.807) is 16.7 Å². The van der Waals surface area contributed by atoms with Crippen molar-refractivity contribution in [1.82, 2.24) is 0 Å². The van der Waals surface area contributed by atoms with Crippen molar-refractivity contribution in [1.29, 1.82) is 5.41 Å². The van der Waals surface area contributed by atoms with Crippen molar-refractivity contribution in [2.75, 3.05) is 0 Å². The third kappa shape index (κ3) is 1.26. The molecule has 1 N–H and O–H groups in total. The third-order valence-corrected chi connectivity index (χ3v) is 5.82. The summed E-state index contributed by atoms with van der Waals surface area (Å²) in [5.41, 5.74) is 8.63. The number of hydrogen-bond donors (Lipinski definition) is 1. The highest BCUT2D eigenvalue weighted by atomic mass is 14.5. The van der Waals surface area contributed by atoms with Crippen LogP contribution in [0.15, 0.2) is 41.5 Å². The summed E-state index contributed by atoms with van der Waals surface area (Å²) in [7, 11) is 0. The van der Waals surface area contributed by atoms with Gasteiger partial charge in [-0.25, -0.2) is 0 Å². The lowest BCUT2D eigenvalue weighted by molar-refractivity contribution is 0.714. The monoisotopic (exact) mass is 261 g/mol. The maximum Gasteiger partial charge on any atom is 0.0349 e. The molecule has 20 heavy (non-hydrogen) atoms. The van der Waals surface area contributed by atoms with Crippen LogP contribution in [0, 0.1) is 5.41 Å². The Morgan fingerprint density at radius 2 is 1.80 bits per heavy atom. The van der Waals surface area contributed by atoms with E-state index in [1.807, 2.05) is 0 Å². The van der Waals surface area contributed by atoms with Crippen LogP contribution >= 0.6 is 0 Å². The van der Waals surface area contributed by atoms with E-state index in [1.165, 1.54) is 30.4 Å². The number of rotatable bonds is 0. The number of benzene rings is 1. The Balaban J connectivity index is 1.79. The average molecular weight is 261 g/mol. The van der Waals surface area contributed by atoms with Gasteiger partial charge in [-0.1, -0.05) is 35.9 Å². The summed E-state index contributed by atoms with van der Waals surface area (Å²) in [5.74, 6) is 1.68. The SMILES string of the molecule is N=C1CCC2C1=CC1C=C3CCCC3c3cccc2c31. The van der Waals surface area contributed by atoms with Gasteiger partial charge in [0.05, 0.1) is 0 Å². The Labute approximate surface area is 119 Å². The van der Waals surface area contributed by atoms with Crippen molar-refractivity contribution in [3.63, 3.8) is 0 Å². The first-order chi connectivity index (χ1) is 9.83. The van der Waals surface area contributed by atoms with Crippen molar-refractivity contribution in [3.8, 4) is 0 Å². The van der Waals surface area contributed by atoms with Crippen LogP contribution in [0.2, 0.25) is 0 Å². The topological polar surface area (TPSA) is 23.9 Å². The maximum atomic E-state index is 8.21. The van der Waals surface area contributed by atoms with E-state index in [0.29, 0.717) is 17.8 Å². The first-order valence-electron chi connectivity index (χ1n) is 7.96. The summed E-state index contributed by atoms with van der Waals surface area (Å²) >= 11 is 0. The average Bonchev–Trinajstić information content (AvgIpc) is 3.07. The lowest BCUT2D eigenvalue weighted by atomic mass is 9.70. The zero-order chi connectivity index (χ0) is 13.3. The van der Waals surface area contributed by atoms with E-state index in [-0.39, 0.29) is 0 Å². The maximum absolute atomic E-state index is 8.21. The molecule has 0 radical (unpaired) electrons. The first kappa shape index (κ1) is 11.1. The molecule has 0 saturated heterocycles. The minimum absolute atomic E-state index is 0.454. The molecule has 0 aromatic heterocycles. The highest BCUT2D eigenvalue weighted by Gasteiger charge is 2.39. The fourth-order valence-corrected chi connectivity index (χ4v) is 5.00. The van der Waals surface area contributed by atoms with Gasteiger partial charge in [0.15, 0.2) is 0 Å². The second-order valence-corrected chi connectivity index (χ2v) is 6.75. The largest absolute Gasteiger partial charge is 0.305 e. The molecule has 3 unspecified atom stereocenters. The molecule has 2 saturated carbocycles. The van der Waals surface area contributed by atoms with Crippen molar-refractivity contribution < 1.29 is 0 Å². The molecule has 0 heterocycles. The van der Waals surface area contributed by atoms with E-state index in [0.717, 1.165) is 18.6 Å². The molecule has 4 aliphatic carbocycles. The van der Waals surface area contributed by atoms with Gasteiger partial charge in [0.1, 0.15) is 0 Å². The van der Waals surface area contributed by atoms with Crippen LogP contribution in [0.4, 0.5) is 0 Å². The molecule has 1 nitrogen and oxygen atoms in total. The Kier molecular flexibility index (Phi) is 2.06. The highest BCUT2D eigenvalue weighted by Crippen LogP contribution is 2.54. The van der Waals surface area contributed by atoms with Gasteiger partial charge in [-0.05, 0) is 54.4 Å². The predicted octanol–water partition coefficient (Wildman–Crippen LogP) is 4.81. The third-order valence-electron chi connectivity index (χ3n) is 5.82. The molecule has 4 aliphatic rings. The van der Waals surface area contributed by atoms with Crippen LogP contribution in [0.5, 0.6) is 0 Å². The van der Waals surface area contributed by atoms with Crippen LogP contribution < -0.4 is 0 Å². The molecule has 0 bridgehead atoms. The minimum Gasteiger partial charge on any atom is -0.305 e. The zero-order valence-electron chi connectivity index (χ0n) is 11.7. The summed E-state index contributed by atoms with van der Waals surface area (Å²) in [6, 6.07) is 6.96. The molecule has 1 heteroatoms. The summed E-state index contributed by atoms with van der Waals surface area (Å²) in [6.07, 6.45) is 11.0. The van der Waals surface area contributed by atoms with Gasteiger partial charge in [0.2, 0.25) is 0 Å².